The summed E-state index contributed by atoms with van der Waals surface area (Å²) < 4.78 is 0. The van der Waals surface area contributed by atoms with E-state index in [1.165, 1.54) is 17.3 Å². The van der Waals surface area contributed by atoms with Gasteiger partial charge in [0, 0.05) is 30.7 Å². The van der Waals surface area contributed by atoms with Crippen LogP contribution in [-0.4, -0.2) is 20.5 Å². The van der Waals surface area contributed by atoms with Crippen LogP contribution in [0.15, 0.2) is 47.0 Å². The molecule has 2 aromatic rings. The zero-order valence-electron chi connectivity index (χ0n) is 11.4. The van der Waals surface area contributed by atoms with E-state index < -0.39 is 0 Å². The number of nitrogens with zero attached hydrogens (tertiary/aromatic N) is 3. The summed E-state index contributed by atoms with van der Waals surface area (Å²) in [5.74, 6) is 0. The average Bonchev–Trinajstić information content (AvgIpc) is 2.38. The van der Waals surface area contributed by atoms with E-state index in [1.807, 2.05) is 12.3 Å². The van der Waals surface area contributed by atoms with Gasteiger partial charge in [-0.2, -0.15) is 0 Å². The normalized spacial score (nSPS) is 11.5. The fourth-order valence-electron chi connectivity index (χ4n) is 1.39. The standard InChI is InChI=1S/C14H18N4S/c1-14(2,3)18-9-11-4-5-12(17-8-11)19-13-10-15-6-7-16-13/h4-8,10,18H,9H2,1-3H3. The zero-order chi connectivity index (χ0) is 13.7. The molecule has 5 heteroatoms. The Balaban J connectivity index is 1.95. The molecule has 0 spiro atoms. The molecular formula is C14H18N4S. The number of rotatable bonds is 4. The molecule has 0 aromatic carbocycles. The Hall–Kier alpha value is -1.46. The second-order valence-corrected chi connectivity index (χ2v) is 6.29. The van der Waals surface area contributed by atoms with Crippen molar-refractivity contribution in [3.63, 3.8) is 0 Å². The molecule has 0 aliphatic rings. The topological polar surface area (TPSA) is 50.7 Å². The molecule has 0 atom stereocenters. The van der Waals surface area contributed by atoms with Crippen molar-refractivity contribution in [1.82, 2.24) is 20.3 Å². The van der Waals surface area contributed by atoms with E-state index >= 15 is 0 Å². The molecule has 0 aliphatic carbocycles. The monoisotopic (exact) mass is 274 g/mol. The Kier molecular flexibility index (Phi) is 4.50. The Bertz CT molecular complexity index is 505. The highest BCUT2D eigenvalue weighted by Crippen LogP contribution is 2.22. The lowest BCUT2D eigenvalue weighted by atomic mass is 10.1. The first-order valence-corrected chi connectivity index (χ1v) is 6.98. The Morgan fingerprint density at radius 2 is 1.89 bits per heavy atom. The molecule has 2 rings (SSSR count). The summed E-state index contributed by atoms with van der Waals surface area (Å²) >= 11 is 1.51. The molecule has 100 valence electrons. The number of aromatic nitrogens is 3. The Morgan fingerprint density at radius 1 is 1.05 bits per heavy atom. The molecular weight excluding hydrogens is 256 g/mol. The third kappa shape index (κ3) is 4.96. The number of nitrogens with one attached hydrogen (secondary N) is 1. The van der Waals surface area contributed by atoms with E-state index in [4.69, 9.17) is 0 Å². The lowest BCUT2D eigenvalue weighted by molar-refractivity contribution is 0.424. The highest BCUT2D eigenvalue weighted by Gasteiger charge is 2.08. The quantitative estimate of drug-likeness (QED) is 0.929. The van der Waals surface area contributed by atoms with Crippen molar-refractivity contribution < 1.29 is 0 Å². The van der Waals surface area contributed by atoms with Gasteiger partial charge in [0.25, 0.3) is 0 Å². The molecule has 0 unspecified atom stereocenters. The second-order valence-electron chi connectivity index (χ2n) is 5.25. The summed E-state index contributed by atoms with van der Waals surface area (Å²) in [5.41, 5.74) is 1.30. The van der Waals surface area contributed by atoms with Gasteiger partial charge in [0.05, 0.1) is 6.20 Å². The van der Waals surface area contributed by atoms with Crippen LogP contribution in [0.3, 0.4) is 0 Å². The van der Waals surface area contributed by atoms with E-state index in [0.717, 1.165) is 16.6 Å². The predicted molar refractivity (Wildman–Crippen MR) is 77.0 cm³/mol. The molecule has 0 fully saturated rings. The highest BCUT2D eigenvalue weighted by molar-refractivity contribution is 7.99. The summed E-state index contributed by atoms with van der Waals surface area (Å²) in [4.78, 5) is 12.7. The number of pyridine rings is 1. The van der Waals surface area contributed by atoms with Crippen molar-refractivity contribution in [1.29, 1.82) is 0 Å². The van der Waals surface area contributed by atoms with Crippen LogP contribution in [0.5, 0.6) is 0 Å². The van der Waals surface area contributed by atoms with Gasteiger partial charge < -0.3 is 5.32 Å². The molecule has 0 amide bonds. The third-order valence-electron chi connectivity index (χ3n) is 2.37. The molecule has 2 aromatic heterocycles. The molecule has 19 heavy (non-hydrogen) atoms. The van der Waals surface area contributed by atoms with Crippen LogP contribution in [0.2, 0.25) is 0 Å². The first-order valence-electron chi connectivity index (χ1n) is 6.17. The molecule has 4 nitrogen and oxygen atoms in total. The Labute approximate surface area is 118 Å². The van der Waals surface area contributed by atoms with Crippen LogP contribution >= 0.6 is 11.8 Å². The van der Waals surface area contributed by atoms with Crippen LogP contribution in [-0.2, 0) is 6.54 Å². The third-order valence-corrected chi connectivity index (χ3v) is 3.24. The molecule has 0 radical (unpaired) electrons. The van der Waals surface area contributed by atoms with Crippen molar-refractivity contribution >= 4 is 11.8 Å². The maximum atomic E-state index is 4.43. The van der Waals surface area contributed by atoms with E-state index in [0.29, 0.717) is 0 Å². The second kappa shape index (κ2) is 6.12. The largest absolute Gasteiger partial charge is 0.308 e. The van der Waals surface area contributed by atoms with E-state index in [-0.39, 0.29) is 5.54 Å². The van der Waals surface area contributed by atoms with Crippen molar-refractivity contribution in [2.24, 2.45) is 0 Å². The van der Waals surface area contributed by atoms with Gasteiger partial charge in [-0.25, -0.2) is 9.97 Å². The first-order chi connectivity index (χ1) is 9.03. The van der Waals surface area contributed by atoms with Crippen LogP contribution in [0.4, 0.5) is 0 Å². The SMILES string of the molecule is CC(C)(C)NCc1ccc(Sc2cnccn2)nc1. The van der Waals surface area contributed by atoms with Crippen LogP contribution in [0.1, 0.15) is 26.3 Å². The maximum Gasteiger partial charge on any atom is 0.121 e. The van der Waals surface area contributed by atoms with Gasteiger partial charge in [-0.05, 0) is 44.2 Å². The maximum absolute atomic E-state index is 4.43. The van der Waals surface area contributed by atoms with Crippen molar-refractivity contribution in [3.05, 3.63) is 42.5 Å². The van der Waals surface area contributed by atoms with Crippen molar-refractivity contribution in [3.8, 4) is 0 Å². The molecule has 1 N–H and O–H groups in total. The zero-order valence-corrected chi connectivity index (χ0v) is 12.2. The number of hydrogen-bond donors (Lipinski definition) is 1. The summed E-state index contributed by atoms with van der Waals surface area (Å²) in [6, 6.07) is 4.10. The van der Waals surface area contributed by atoms with Crippen molar-refractivity contribution in [2.45, 2.75) is 42.9 Å². The molecule has 0 saturated heterocycles. The average molecular weight is 274 g/mol. The summed E-state index contributed by atoms with van der Waals surface area (Å²) in [6.07, 6.45) is 6.99. The lowest BCUT2D eigenvalue weighted by Crippen LogP contribution is -2.35. The molecule has 0 aliphatic heterocycles. The van der Waals surface area contributed by atoms with Gasteiger partial charge in [0.15, 0.2) is 0 Å². The van der Waals surface area contributed by atoms with E-state index in [1.54, 1.807) is 18.6 Å². The van der Waals surface area contributed by atoms with E-state index in [2.05, 4.69) is 47.1 Å². The molecule has 2 heterocycles. The summed E-state index contributed by atoms with van der Waals surface area (Å²) in [5, 5.41) is 5.23. The van der Waals surface area contributed by atoms with Gasteiger partial charge in [-0.3, -0.25) is 4.98 Å². The smallest absolute Gasteiger partial charge is 0.121 e. The van der Waals surface area contributed by atoms with Crippen LogP contribution in [0.25, 0.3) is 0 Å². The minimum Gasteiger partial charge on any atom is -0.308 e. The Morgan fingerprint density at radius 3 is 2.47 bits per heavy atom. The van der Waals surface area contributed by atoms with Gasteiger partial charge in [-0.1, -0.05) is 6.07 Å². The fraction of sp³-hybridized carbons (Fsp3) is 0.357. The molecule has 0 bridgehead atoms. The number of hydrogen-bond acceptors (Lipinski definition) is 5. The van der Waals surface area contributed by atoms with Crippen molar-refractivity contribution in [2.75, 3.05) is 0 Å². The minimum absolute atomic E-state index is 0.118. The van der Waals surface area contributed by atoms with Gasteiger partial charge in [0.1, 0.15) is 10.1 Å². The predicted octanol–water partition coefficient (Wildman–Crippen LogP) is 2.91. The van der Waals surface area contributed by atoms with E-state index in [9.17, 15) is 0 Å². The first kappa shape index (κ1) is 14.0. The van der Waals surface area contributed by atoms with Crippen LogP contribution in [0, 0.1) is 0 Å². The van der Waals surface area contributed by atoms with Crippen LogP contribution < -0.4 is 5.32 Å². The van der Waals surface area contributed by atoms with Gasteiger partial charge in [-0.15, -0.1) is 0 Å². The fourth-order valence-corrected chi connectivity index (χ4v) is 2.07. The molecule has 0 saturated carbocycles. The highest BCUT2D eigenvalue weighted by atomic mass is 32.2. The minimum atomic E-state index is 0.118. The van der Waals surface area contributed by atoms with Gasteiger partial charge >= 0.3 is 0 Å². The van der Waals surface area contributed by atoms with Gasteiger partial charge in [0.2, 0.25) is 0 Å². The lowest BCUT2D eigenvalue weighted by Gasteiger charge is -2.20. The summed E-state index contributed by atoms with van der Waals surface area (Å²) in [7, 11) is 0. The summed E-state index contributed by atoms with van der Waals surface area (Å²) in [6.45, 7) is 7.28.